The molecule has 7 nitrogen and oxygen atoms in total. The first-order chi connectivity index (χ1) is 17.2. The number of anilines is 1. The van der Waals surface area contributed by atoms with Crippen LogP contribution in [0, 0.1) is 13.8 Å². The highest BCUT2D eigenvalue weighted by atomic mass is 32.2. The maximum absolute atomic E-state index is 13.4. The predicted octanol–water partition coefficient (Wildman–Crippen LogP) is 4.78. The number of hydrogen-bond donors (Lipinski definition) is 2. The fourth-order valence-electron chi connectivity index (χ4n) is 4.69. The summed E-state index contributed by atoms with van der Waals surface area (Å²) < 4.78 is 29.6. The number of nitrogens with zero attached hydrogens (tertiary/aromatic N) is 1. The van der Waals surface area contributed by atoms with Crippen LogP contribution < -0.4 is 10.0 Å². The van der Waals surface area contributed by atoms with Gasteiger partial charge < -0.3 is 10.2 Å². The number of likely N-dealkylation sites (tertiary alicyclic amines) is 1. The Labute approximate surface area is 212 Å². The number of carbonyl (C=O) groups excluding carboxylic acids is 2. The first kappa shape index (κ1) is 25.9. The Morgan fingerprint density at radius 2 is 1.61 bits per heavy atom. The third-order valence-electron chi connectivity index (χ3n) is 6.90. The molecule has 0 bridgehead atoms. The van der Waals surface area contributed by atoms with Gasteiger partial charge in [0.2, 0.25) is 15.9 Å². The Kier molecular flexibility index (Phi) is 7.76. The summed E-state index contributed by atoms with van der Waals surface area (Å²) in [4.78, 5) is 27.3. The topological polar surface area (TPSA) is 95.6 Å². The van der Waals surface area contributed by atoms with E-state index in [0.717, 1.165) is 23.2 Å². The lowest BCUT2D eigenvalue weighted by Crippen LogP contribution is -2.46. The molecule has 2 amide bonds. The predicted molar refractivity (Wildman–Crippen MR) is 143 cm³/mol. The highest BCUT2D eigenvalue weighted by Crippen LogP contribution is 2.28. The van der Waals surface area contributed by atoms with Crippen LogP contribution in [0.15, 0.2) is 59.5 Å². The first-order valence-corrected chi connectivity index (χ1v) is 13.9. The van der Waals surface area contributed by atoms with Gasteiger partial charge in [0.05, 0.1) is 4.90 Å². The molecule has 1 fully saturated rings. The van der Waals surface area contributed by atoms with Crippen LogP contribution in [0.1, 0.15) is 54.1 Å². The molecule has 36 heavy (non-hydrogen) atoms. The first-order valence-electron chi connectivity index (χ1n) is 12.4. The van der Waals surface area contributed by atoms with Crippen LogP contribution in [0.2, 0.25) is 0 Å². The van der Waals surface area contributed by atoms with Crippen LogP contribution in [0.4, 0.5) is 5.69 Å². The second-order valence-corrected chi connectivity index (χ2v) is 11.1. The second kappa shape index (κ2) is 10.8. The molecule has 0 spiro atoms. The Bertz CT molecular complexity index is 1390. The molecule has 0 atom stereocenters. The fourth-order valence-corrected chi connectivity index (χ4v) is 6.22. The number of hydrogen-bond acceptors (Lipinski definition) is 4. The standard InChI is InChI=1S/C28H33N3O4S/c1-4-8-27(32)31-17-15-21(16-18-31)30-36(34,35)26-14-7-10-22-23(26)11-6-12-24(22)28(33)29-25-13-5-9-19(2)20(25)3/h5-7,9-14,21,30H,4,8,15-18H2,1-3H3,(H,29,33). The van der Waals surface area contributed by atoms with Crippen molar-refractivity contribution in [2.24, 2.45) is 0 Å². The molecule has 190 valence electrons. The van der Waals surface area contributed by atoms with E-state index >= 15 is 0 Å². The molecule has 0 saturated carbocycles. The average molecular weight is 508 g/mol. The van der Waals surface area contributed by atoms with Crippen LogP contribution in [0.3, 0.4) is 0 Å². The summed E-state index contributed by atoms with van der Waals surface area (Å²) in [5.74, 6) is -0.166. The Hall–Kier alpha value is -3.23. The Morgan fingerprint density at radius 1 is 0.944 bits per heavy atom. The molecule has 1 aliphatic heterocycles. The van der Waals surface area contributed by atoms with E-state index in [-0.39, 0.29) is 22.8 Å². The molecule has 0 aliphatic carbocycles. The third kappa shape index (κ3) is 5.44. The van der Waals surface area contributed by atoms with Gasteiger partial charge in [-0.05, 0) is 67.8 Å². The van der Waals surface area contributed by atoms with Crippen molar-refractivity contribution in [3.05, 3.63) is 71.3 Å². The lowest BCUT2D eigenvalue weighted by atomic mass is 10.0. The van der Waals surface area contributed by atoms with Crippen molar-refractivity contribution in [1.82, 2.24) is 9.62 Å². The van der Waals surface area contributed by atoms with Crippen molar-refractivity contribution in [3.63, 3.8) is 0 Å². The van der Waals surface area contributed by atoms with Crippen molar-refractivity contribution < 1.29 is 18.0 Å². The van der Waals surface area contributed by atoms with E-state index < -0.39 is 10.0 Å². The number of amides is 2. The minimum atomic E-state index is -3.83. The van der Waals surface area contributed by atoms with Gasteiger partial charge in [0.1, 0.15) is 0 Å². The zero-order chi connectivity index (χ0) is 25.9. The van der Waals surface area contributed by atoms with Crippen LogP contribution in [0.25, 0.3) is 10.8 Å². The Balaban J connectivity index is 1.56. The Morgan fingerprint density at radius 3 is 2.33 bits per heavy atom. The van der Waals surface area contributed by atoms with Gasteiger partial charge in [0, 0.05) is 42.2 Å². The monoisotopic (exact) mass is 507 g/mol. The van der Waals surface area contributed by atoms with Crippen molar-refractivity contribution in [2.45, 2.75) is 57.4 Å². The molecule has 8 heteroatoms. The van der Waals surface area contributed by atoms with Gasteiger partial charge in [0.25, 0.3) is 5.91 Å². The minimum absolute atomic E-state index is 0.125. The lowest BCUT2D eigenvalue weighted by molar-refractivity contribution is -0.132. The van der Waals surface area contributed by atoms with Gasteiger partial charge in [-0.15, -0.1) is 0 Å². The smallest absolute Gasteiger partial charge is 0.256 e. The quantitative estimate of drug-likeness (QED) is 0.481. The van der Waals surface area contributed by atoms with Gasteiger partial charge >= 0.3 is 0 Å². The highest BCUT2D eigenvalue weighted by molar-refractivity contribution is 7.89. The molecule has 3 aromatic rings. The molecule has 2 N–H and O–H groups in total. The number of rotatable bonds is 7. The number of aryl methyl sites for hydroxylation is 1. The van der Waals surface area contributed by atoms with Crippen LogP contribution in [0.5, 0.6) is 0 Å². The number of carbonyl (C=O) groups is 2. The molecule has 0 aromatic heterocycles. The minimum Gasteiger partial charge on any atom is -0.343 e. The van der Waals surface area contributed by atoms with E-state index in [2.05, 4.69) is 10.0 Å². The zero-order valence-electron chi connectivity index (χ0n) is 21.0. The van der Waals surface area contributed by atoms with Gasteiger partial charge in [-0.2, -0.15) is 0 Å². The molecule has 1 aliphatic rings. The molecule has 1 saturated heterocycles. The number of fused-ring (bicyclic) bond motifs is 1. The van der Waals surface area contributed by atoms with Crippen molar-refractivity contribution in [3.8, 4) is 0 Å². The normalized spacial score (nSPS) is 14.7. The number of sulfonamides is 1. The zero-order valence-corrected chi connectivity index (χ0v) is 21.8. The molecular formula is C28H33N3O4S. The van der Waals surface area contributed by atoms with Gasteiger partial charge in [-0.25, -0.2) is 13.1 Å². The summed E-state index contributed by atoms with van der Waals surface area (Å²) in [6.45, 7) is 7.00. The molecule has 0 unspecified atom stereocenters. The maximum Gasteiger partial charge on any atom is 0.256 e. The van der Waals surface area contributed by atoms with E-state index in [1.54, 1.807) is 36.4 Å². The summed E-state index contributed by atoms with van der Waals surface area (Å²) in [7, 11) is -3.83. The average Bonchev–Trinajstić information content (AvgIpc) is 2.86. The van der Waals surface area contributed by atoms with E-state index in [9.17, 15) is 18.0 Å². The van der Waals surface area contributed by atoms with Crippen LogP contribution in [-0.4, -0.2) is 44.3 Å². The van der Waals surface area contributed by atoms with Gasteiger partial charge in [0.15, 0.2) is 0 Å². The fraction of sp³-hybridized carbons (Fsp3) is 0.357. The van der Waals surface area contributed by atoms with Gasteiger partial charge in [-0.1, -0.05) is 43.3 Å². The summed E-state index contributed by atoms with van der Waals surface area (Å²) >= 11 is 0. The summed E-state index contributed by atoms with van der Waals surface area (Å²) in [6, 6.07) is 15.6. The number of piperidine rings is 1. The van der Waals surface area contributed by atoms with E-state index in [4.69, 9.17) is 0 Å². The van der Waals surface area contributed by atoms with E-state index in [0.29, 0.717) is 48.7 Å². The van der Waals surface area contributed by atoms with Gasteiger partial charge in [-0.3, -0.25) is 9.59 Å². The van der Waals surface area contributed by atoms with Crippen molar-refractivity contribution >= 4 is 38.3 Å². The maximum atomic E-state index is 13.4. The largest absolute Gasteiger partial charge is 0.343 e. The molecule has 0 radical (unpaired) electrons. The van der Waals surface area contributed by atoms with E-state index in [1.807, 2.05) is 43.9 Å². The molecule has 1 heterocycles. The molecule has 3 aromatic carbocycles. The summed E-state index contributed by atoms with van der Waals surface area (Å²) in [6.07, 6.45) is 2.47. The molecular weight excluding hydrogens is 474 g/mol. The number of nitrogens with one attached hydrogen (secondary N) is 2. The summed E-state index contributed by atoms with van der Waals surface area (Å²) in [5.41, 5.74) is 3.20. The SMILES string of the molecule is CCCC(=O)N1CCC(NS(=O)(=O)c2cccc3c(C(=O)Nc4cccc(C)c4C)cccc23)CC1. The van der Waals surface area contributed by atoms with E-state index in [1.165, 1.54) is 0 Å². The highest BCUT2D eigenvalue weighted by Gasteiger charge is 2.27. The van der Waals surface area contributed by atoms with Crippen LogP contribution in [-0.2, 0) is 14.8 Å². The second-order valence-electron chi connectivity index (χ2n) is 9.38. The lowest BCUT2D eigenvalue weighted by Gasteiger charge is -2.32. The van der Waals surface area contributed by atoms with Crippen molar-refractivity contribution in [1.29, 1.82) is 0 Å². The van der Waals surface area contributed by atoms with Crippen LogP contribution >= 0.6 is 0 Å². The van der Waals surface area contributed by atoms with Crippen molar-refractivity contribution in [2.75, 3.05) is 18.4 Å². The summed E-state index contributed by atoms with van der Waals surface area (Å²) in [5, 5.41) is 4.04. The third-order valence-corrected chi connectivity index (χ3v) is 8.48. The molecule has 4 rings (SSSR count). The number of benzene rings is 3.